The van der Waals surface area contributed by atoms with E-state index >= 15 is 0 Å². The number of thiazole rings is 1. The van der Waals surface area contributed by atoms with Crippen LogP contribution < -0.4 is 0 Å². The van der Waals surface area contributed by atoms with E-state index in [1.165, 1.54) is 4.88 Å². The lowest BCUT2D eigenvalue weighted by Gasteiger charge is -1.86. The minimum absolute atomic E-state index is 0.868. The Morgan fingerprint density at radius 3 is 3.36 bits per heavy atom. The van der Waals surface area contributed by atoms with Gasteiger partial charge in [-0.3, -0.25) is 4.99 Å². The molecule has 0 aliphatic carbocycles. The molecule has 1 aromatic rings. The number of aromatic nitrogens is 1. The van der Waals surface area contributed by atoms with Crippen molar-refractivity contribution < 1.29 is 0 Å². The SMILES string of the molecule is Cc1nc2c(s1)C=CN=CC2. The molecule has 0 radical (unpaired) electrons. The molecule has 0 amide bonds. The smallest absolute Gasteiger partial charge is 0.0903 e. The van der Waals surface area contributed by atoms with E-state index in [2.05, 4.69) is 9.98 Å². The minimum atomic E-state index is 0.868. The van der Waals surface area contributed by atoms with Crippen molar-refractivity contribution in [3.63, 3.8) is 0 Å². The van der Waals surface area contributed by atoms with E-state index in [4.69, 9.17) is 0 Å². The maximum Gasteiger partial charge on any atom is 0.0903 e. The van der Waals surface area contributed by atoms with Crippen LogP contribution in [0, 0.1) is 6.92 Å². The van der Waals surface area contributed by atoms with Gasteiger partial charge in [-0.2, -0.15) is 0 Å². The van der Waals surface area contributed by atoms with E-state index in [1.807, 2.05) is 25.4 Å². The largest absolute Gasteiger partial charge is 0.269 e. The first-order chi connectivity index (χ1) is 5.36. The highest BCUT2D eigenvalue weighted by molar-refractivity contribution is 7.12. The van der Waals surface area contributed by atoms with Crippen LogP contribution in [0.25, 0.3) is 6.08 Å². The zero-order valence-corrected chi connectivity index (χ0v) is 7.06. The highest BCUT2D eigenvalue weighted by Crippen LogP contribution is 2.20. The number of aryl methyl sites for hydroxylation is 1. The van der Waals surface area contributed by atoms with Gasteiger partial charge in [-0.15, -0.1) is 11.3 Å². The first-order valence-corrected chi connectivity index (χ1v) is 4.32. The summed E-state index contributed by atoms with van der Waals surface area (Å²) in [5, 5.41) is 1.13. The maximum atomic E-state index is 4.39. The standard InChI is InChI=1S/C8H8N2S/c1-6-10-7-2-4-9-5-3-8(7)11-6/h3-5H,2H2,1H3. The van der Waals surface area contributed by atoms with Crippen LogP contribution in [0.2, 0.25) is 0 Å². The van der Waals surface area contributed by atoms with E-state index in [1.54, 1.807) is 11.3 Å². The molecule has 0 N–H and O–H groups in total. The van der Waals surface area contributed by atoms with Crippen molar-refractivity contribution in [2.75, 3.05) is 0 Å². The van der Waals surface area contributed by atoms with Crippen molar-refractivity contribution in [1.82, 2.24) is 4.98 Å². The highest BCUT2D eigenvalue weighted by Gasteiger charge is 2.05. The number of rotatable bonds is 0. The van der Waals surface area contributed by atoms with E-state index in [0.29, 0.717) is 0 Å². The number of fused-ring (bicyclic) bond motifs is 1. The summed E-state index contributed by atoms with van der Waals surface area (Å²) in [6.07, 6.45) is 6.60. The Bertz CT molecular complexity index is 323. The van der Waals surface area contributed by atoms with Gasteiger partial charge in [0, 0.05) is 18.8 Å². The molecular formula is C8H8N2S. The third-order valence-corrected chi connectivity index (χ3v) is 2.51. The molecule has 0 spiro atoms. The van der Waals surface area contributed by atoms with E-state index in [-0.39, 0.29) is 0 Å². The summed E-state index contributed by atoms with van der Waals surface area (Å²) >= 11 is 1.73. The van der Waals surface area contributed by atoms with Crippen LogP contribution in [0.1, 0.15) is 15.6 Å². The zero-order valence-electron chi connectivity index (χ0n) is 6.24. The summed E-state index contributed by atoms with van der Waals surface area (Å²) in [6, 6.07) is 0. The number of nitrogens with zero attached hydrogens (tertiary/aromatic N) is 2. The van der Waals surface area contributed by atoms with Gasteiger partial charge in [0.25, 0.3) is 0 Å². The fourth-order valence-electron chi connectivity index (χ4n) is 1.07. The van der Waals surface area contributed by atoms with Crippen LogP contribution in [0.5, 0.6) is 0 Å². The van der Waals surface area contributed by atoms with Crippen LogP contribution in [-0.4, -0.2) is 11.2 Å². The predicted octanol–water partition coefficient (Wildman–Crippen LogP) is 2.05. The van der Waals surface area contributed by atoms with Crippen molar-refractivity contribution >= 4 is 23.6 Å². The Morgan fingerprint density at radius 2 is 2.45 bits per heavy atom. The van der Waals surface area contributed by atoms with E-state index in [9.17, 15) is 0 Å². The molecule has 0 fully saturated rings. The second-order valence-electron chi connectivity index (χ2n) is 2.40. The second kappa shape index (κ2) is 2.58. The monoisotopic (exact) mass is 164 g/mol. The van der Waals surface area contributed by atoms with Crippen molar-refractivity contribution in [1.29, 1.82) is 0 Å². The fraction of sp³-hybridized carbons (Fsp3) is 0.250. The molecule has 0 atom stereocenters. The Morgan fingerprint density at radius 1 is 1.55 bits per heavy atom. The van der Waals surface area contributed by atoms with Gasteiger partial charge in [-0.1, -0.05) is 0 Å². The topological polar surface area (TPSA) is 25.2 Å². The molecule has 56 valence electrons. The molecule has 2 rings (SSSR count). The van der Waals surface area contributed by atoms with Crippen molar-refractivity contribution in [2.24, 2.45) is 4.99 Å². The summed E-state index contributed by atoms with van der Waals surface area (Å²) in [5.41, 5.74) is 1.16. The zero-order chi connectivity index (χ0) is 7.68. The molecule has 0 bridgehead atoms. The van der Waals surface area contributed by atoms with Gasteiger partial charge < -0.3 is 0 Å². The Balaban J connectivity index is 2.51. The van der Waals surface area contributed by atoms with Crippen molar-refractivity contribution in [2.45, 2.75) is 13.3 Å². The Labute approximate surface area is 69.3 Å². The summed E-state index contributed by atoms with van der Waals surface area (Å²) in [7, 11) is 0. The molecular weight excluding hydrogens is 156 g/mol. The Kier molecular flexibility index (Phi) is 1.58. The summed E-state index contributed by atoms with van der Waals surface area (Å²) in [6.45, 7) is 2.03. The van der Waals surface area contributed by atoms with E-state index < -0.39 is 0 Å². The first kappa shape index (κ1) is 6.73. The van der Waals surface area contributed by atoms with Gasteiger partial charge in [0.2, 0.25) is 0 Å². The molecule has 1 aliphatic rings. The number of hydrogen-bond acceptors (Lipinski definition) is 3. The molecule has 3 heteroatoms. The average Bonchev–Trinajstić information content (AvgIpc) is 2.17. The van der Waals surface area contributed by atoms with Crippen LogP contribution >= 0.6 is 11.3 Å². The molecule has 0 saturated carbocycles. The third-order valence-electron chi connectivity index (χ3n) is 1.54. The van der Waals surface area contributed by atoms with Crippen LogP contribution in [-0.2, 0) is 6.42 Å². The molecule has 0 aromatic carbocycles. The van der Waals surface area contributed by atoms with Crippen LogP contribution in [0.15, 0.2) is 11.2 Å². The summed E-state index contributed by atoms with van der Waals surface area (Å²) < 4.78 is 0. The van der Waals surface area contributed by atoms with Crippen molar-refractivity contribution in [3.05, 3.63) is 21.8 Å². The molecule has 11 heavy (non-hydrogen) atoms. The quantitative estimate of drug-likeness (QED) is 0.576. The van der Waals surface area contributed by atoms with Gasteiger partial charge in [-0.25, -0.2) is 4.98 Å². The maximum absolute atomic E-state index is 4.39. The molecule has 2 nitrogen and oxygen atoms in total. The fourth-order valence-corrected chi connectivity index (χ4v) is 1.92. The molecule has 2 heterocycles. The predicted molar refractivity (Wildman–Crippen MR) is 48.1 cm³/mol. The molecule has 0 unspecified atom stereocenters. The normalized spacial score (nSPS) is 14.6. The summed E-state index contributed by atoms with van der Waals surface area (Å²) in [4.78, 5) is 9.69. The molecule has 1 aliphatic heterocycles. The van der Waals surface area contributed by atoms with Crippen LogP contribution in [0.3, 0.4) is 0 Å². The number of hydrogen-bond donors (Lipinski definition) is 0. The minimum Gasteiger partial charge on any atom is -0.269 e. The lowest BCUT2D eigenvalue weighted by molar-refractivity contribution is 1.15. The Hall–Kier alpha value is -0.960. The third kappa shape index (κ3) is 1.24. The lowest BCUT2D eigenvalue weighted by Crippen LogP contribution is -1.86. The first-order valence-electron chi connectivity index (χ1n) is 3.51. The van der Waals surface area contributed by atoms with Gasteiger partial charge in [0.15, 0.2) is 0 Å². The lowest BCUT2D eigenvalue weighted by atomic mass is 10.3. The molecule has 1 aromatic heterocycles. The molecule has 0 saturated heterocycles. The van der Waals surface area contributed by atoms with Crippen molar-refractivity contribution in [3.8, 4) is 0 Å². The summed E-state index contributed by atoms with van der Waals surface area (Å²) in [5.74, 6) is 0. The highest BCUT2D eigenvalue weighted by atomic mass is 32.1. The van der Waals surface area contributed by atoms with Gasteiger partial charge in [-0.05, 0) is 13.0 Å². The van der Waals surface area contributed by atoms with Gasteiger partial charge in [0.05, 0.1) is 15.6 Å². The number of aliphatic imine (C=N–C) groups is 1. The van der Waals surface area contributed by atoms with Gasteiger partial charge in [0.1, 0.15) is 0 Å². The van der Waals surface area contributed by atoms with Gasteiger partial charge >= 0.3 is 0 Å². The van der Waals surface area contributed by atoms with Crippen LogP contribution in [0.4, 0.5) is 0 Å². The average molecular weight is 164 g/mol. The van der Waals surface area contributed by atoms with E-state index in [0.717, 1.165) is 17.1 Å². The second-order valence-corrected chi connectivity index (χ2v) is 3.63.